The van der Waals surface area contributed by atoms with Gasteiger partial charge in [-0.3, -0.25) is 4.98 Å². The van der Waals surface area contributed by atoms with Gasteiger partial charge in [0, 0.05) is 41.5 Å². The first-order valence-corrected chi connectivity index (χ1v) is 8.48. The predicted octanol–water partition coefficient (Wildman–Crippen LogP) is 3.76. The minimum atomic E-state index is 0.939. The lowest BCUT2D eigenvalue weighted by Gasteiger charge is -2.08. The van der Waals surface area contributed by atoms with Gasteiger partial charge < -0.3 is 9.88 Å². The monoisotopic (exact) mass is 308 g/mol. The number of thioether (sulfide) groups is 1. The predicted molar refractivity (Wildman–Crippen MR) is 91.2 cm³/mol. The number of aromatic nitrogens is 3. The normalized spacial score (nSPS) is 13.0. The summed E-state index contributed by atoms with van der Waals surface area (Å²) in [6.07, 6.45) is 5.72. The lowest BCUT2D eigenvalue weighted by molar-refractivity contribution is 0.817. The summed E-state index contributed by atoms with van der Waals surface area (Å²) in [4.78, 5) is 10.2. The first-order valence-electron chi connectivity index (χ1n) is 7.26. The lowest BCUT2D eigenvalue weighted by Crippen LogP contribution is -1.98. The van der Waals surface area contributed by atoms with Gasteiger partial charge >= 0.3 is 0 Å². The van der Waals surface area contributed by atoms with E-state index < -0.39 is 0 Å². The fourth-order valence-corrected chi connectivity index (χ4v) is 3.25. The maximum atomic E-state index is 4.80. The van der Waals surface area contributed by atoms with Gasteiger partial charge in [0.2, 0.25) is 5.95 Å². The van der Waals surface area contributed by atoms with Crippen molar-refractivity contribution >= 4 is 17.7 Å². The van der Waals surface area contributed by atoms with Crippen LogP contribution in [0.1, 0.15) is 0 Å². The largest absolute Gasteiger partial charge is 0.354 e. The van der Waals surface area contributed by atoms with Gasteiger partial charge in [0.05, 0.1) is 11.4 Å². The van der Waals surface area contributed by atoms with E-state index in [0.717, 1.165) is 30.3 Å². The Labute approximate surface area is 133 Å². The van der Waals surface area contributed by atoms with E-state index in [1.165, 1.54) is 16.2 Å². The number of anilines is 1. The molecule has 0 atom stereocenters. The van der Waals surface area contributed by atoms with Gasteiger partial charge in [-0.15, -0.1) is 11.8 Å². The highest BCUT2D eigenvalue weighted by Crippen LogP contribution is 2.36. The Bertz CT molecular complexity index is 794. The summed E-state index contributed by atoms with van der Waals surface area (Å²) in [6, 6.07) is 12.7. The highest BCUT2D eigenvalue weighted by molar-refractivity contribution is 7.98. The third kappa shape index (κ3) is 2.18. The summed E-state index contributed by atoms with van der Waals surface area (Å²) >= 11 is 1.76. The average Bonchev–Trinajstić information content (AvgIpc) is 3.16. The minimum absolute atomic E-state index is 0.939. The molecule has 3 aromatic rings. The van der Waals surface area contributed by atoms with E-state index in [-0.39, 0.29) is 0 Å². The number of hydrogen-bond acceptors (Lipinski definition) is 4. The molecule has 0 saturated carbocycles. The molecular formula is C17H16N4S. The maximum absolute atomic E-state index is 4.80. The molecule has 1 aliphatic heterocycles. The van der Waals surface area contributed by atoms with Crippen LogP contribution in [0.2, 0.25) is 0 Å². The summed E-state index contributed by atoms with van der Waals surface area (Å²) in [6.45, 7) is 1.89. The molecule has 0 fully saturated rings. The van der Waals surface area contributed by atoms with E-state index in [9.17, 15) is 0 Å². The molecule has 4 nitrogen and oxygen atoms in total. The van der Waals surface area contributed by atoms with Crippen LogP contribution in [0.15, 0.2) is 53.7 Å². The number of fused-ring (bicyclic) bond motifs is 1. The Morgan fingerprint density at radius 3 is 2.55 bits per heavy atom. The van der Waals surface area contributed by atoms with Crippen molar-refractivity contribution in [2.75, 3.05) is 18.1 Å². The maximum Gasteiger partial charge on any atom is 0.204 e. The summed E-state index contributed by atoms with van der Waals surface area (Å²) in [5.41, 5.74) is 4.50. The number of benzene rings is 1. The molecule has 2 aromatic heterocycles. The highest BCUT2D eigenvalue weighted by atomic mass is 32.2. The number of nitrogens with zero attached hydrogens (tertiary/aromatic N) is 3. The number of imidazole rings is 1. The number of nitrogens with one attached hydrogen (secondary N) is 1. The van der Waals surface area contributed by atoms with E-state index in [2.05, 4.69) is 45.4 Å². The zero-order valence-corrected chi connectivity index (χ0v) is 13.1. The molecular weight excluding hydrogens is 292 g/mol. The molecule has 0 bridgehead atoms. The van der Waals surface area contributed by atoms with E-state index in [0.29, 0.717) is 0 Å². The molecule has 22 heavy (non-hydrogen) atoms. The second kappa shape index (κ2) is 5.50. The number of rotatable bonds is 3. The van der Waals surface area contributed by atoms with E-state index in [4.69, 9.17) is 4.98 Å². The second-order valence-electron chi connectivity index (χ2n) is 5.18. The van der Waals surface area contributed by atoms with Crippen molar-refractivity contribution in [2.45, 2.75) is 11.4 Å². The lowest BCUT2D eigenvalue weighted by atomic mass is 10.1. The SMILES string of the molecule is CSc1ccc(-c2c(-c3ccncc3)nc3n2CCN3)cc1. The third-order valence-corrected chi connectivity index (χ3v) is 4.65. The van der Waals surface area contributed by atoms with Crippen molar-refractivity contribution in [3.8, 4) is 22.5 Å². The van der Waals surface area contributed by atoms with E-state index in [1.54, 1.807) is 11.8 Å². The second-order valence-corrected chi connectivity index (χ2v) is 6.06. The standard InChI is InChI=1S/C17H16N4S/c1-22-14-4-2-13(3-5-14)16-15(12-6-8-18-9-7-12)20-17-19-10-11-21(16)17/h2-9H,10-11H2,1H3,(H,19,20). The first-order chi connectivity index (χ1) is 10.9. The van der Waals surface area contributed by atoms with Crippen LogP contribution in [0, 0.1) is 0 Å². The van der Waals surface area contributed by atoms with E-state index in [1.807, 2.05) is 24.5 Å². The van der Waals surface area contributed by atoms with Crippen LogP contribution in [0.3, 0.4) is 0 Å². The fraction of sp³-hybridized carbons (Fsp3) is 0.176. The fourth-order valence-electron chi connectivity index (χ4n) is 2.84. The Kier molecular flexibility index (Phi) is 3.35. The summed E-state index contributed by atoms with van der Waals surface area (Å²) in [5.74, 6) is 0.954. The Morgan fingerprint density at radius 2 is 1.82 bits per heavy atom. The molecule has 110 valence electrons. The highest BCUT2D eigenvalue weighted by Gasteiger charge is 2.22. The quantitative estimate of drug-likeness (QED) is 0.748. The molecule has 1 N–H and O–H groups in total. The van der Waals surface area contributed by atoms with Crippen LogP contribution >= 0.6 is 11.8 Å². The molecule has 0 amide bonds. The van der Waals surface area contributed by atoms with Crippen LogP contribution in [-0.4, -0.2) is 27.3 Å². The molecule has 0 spiro atoms. The van der Waals surface area contributed by atoms with Gasteiger partial charge in [0.15, 0.2) is 0 Å². The zero-order chi connectivity index (χ0) is 14.9. The van der Waals surface area contributed by atoms with E-state index >= 15 is 0 Å². The van der Waals surface area contributed by atoms with Crippen LogP contribution < -0.4 is 5.32 Å². The summed E-state index contributed by atoms with van der Waals surface area (Å²) in [7, 11) is 0. The topological polar surface area (TPSA) is 42.7 Å². The Hall–Kier alpha value is -2.27. The molecule has 1 aromatic carbocycles. The van der Waals surface area contributed by atoms with Gasteiger partial charge in [0.25, 0.3) is 0 Å². The van der Waals surface area contributed by atoms with Gasteiger partial charge in [-0.1, -0.05) is 12.1 Å². The molecule has 0 saturated heterocycles. The van der Waals surface area contributed by atoms with Gasteiger partial charge in [-0.2, -0.15) is 0 Å². The Morgan fingerprint density at radius 1 is 1.05 bits per heavy atom. The number of hydrogen-bond donors (Lipinski definition) is 1. The van der Waals surface area contributed by atoms with Crippen molar-refractivity contribution < 1.29 is 0 Å². The zero-order valence-electron chi connectivity index (χ0n) is 12.3. The van der Waals surface area contributed by atoms with Crippen molar-refractivity contribution in [1.29, 1.82) is 0 Å². The van der Waals surface area contributed by atoms with Crippen molar-refractivity contribution in [2.24, 2.45) is 0 Å². The molecule has 1 aliphatic rings. The molecule has 0 radical (unpaired) electrons. The van der Waals surface area contributed by atoms with Crippen LogP contribution in [0.5, 0.6) is 0 Å². The van der Waals surface area contributed by atoms with Crippen molar-refractivity contribution in [3.05, 3.63) is 48.8 Å². The molecule has 5 heteroatoms. The van der Waals surface area contributed by atoms with Crippen molar-refractivity contribution in [1.82, 2.24) is 14.5 Å². The molecule has 0 aliphatic carbocycles. The minimum Gasteiger partial charge on any atom is -0.354 e. The molecule has 4 rings (SSSR count). The summed E-state index contributed by atoms with van der Waals surface area (Å²) in [5, 5.41) is 3.36. The van der Waals surface area contributed by atoms with Gasteiger partial charge in [-0.25, -0.2) is 4.98 Å². The molecule has 0 unspecified atom stereocenters. The third-order valence-electron chi connectivity index (χ3n) is 3.90. The average molecular weight is 308 g/mol. The van der Waals surface area contributed by atoms with Gasteiger partial charge in [-0.05, 0) is 30.5 Å². The Balaban J connectivity index is 1.89. The first kappa shape index (κ1) is 13.4. The molecule has 3 heterocycles. The smallest absolute Gasteiger partial charge is 0.204 e. The van der Waals surface area contributed by atoms with Crippen LogP contribution in [0.4, 0.5) is 5.95 Å². The summed E-state index contributed by atoms with van der Waals surface area (Å²) < 4.78 is 2.27. The van der Waals surface area contributed by atoms with Crippen LogP contribution in [-0.2, 0) is 6.54 Å². The van der Waals surface area contributed by atoms with Crippen LogP contribution in [0.25, 0.3) is 22.5 Å². The van der Waals surface area contributed by atoms with Gasteiger partial charge in [0.1, 0.15) is 0 Å². The number of pyridine rings is 1. The van der Waals surface area contributed by atoms with Crippen molar-refractivity contribution in [3.63, 3.8) is 0 Å².